The van der Waals surface area contributed by atoms with Crippen LogP contribution in [0.4, 0.5) is 11.4 Å². The summed E-state index contributed by atoms with van der Waals surface area (Å²) < 4.78 is 11.3. The van der Waals surface area contributed by atoms with Crippen molar-refractivity contribution in [3.63, 3.8) is 0 Å². The first kappa shape index (κ1) is 22.9. The predicted molar refractivity (Wildman–Crippen MR) is 126 cm³/mol. The molecule has 0 heterocycles. The molecular weight excluding hydrogens is 404 g/mol. The van der Waals surface area contributed by atoms with Gasteiger partial charge < -0.3 is 20.1 Å². The minimum absolute atomic E-state index is 0.109. The lowest BCUT2D eigenvalue weighted by molar-refractivity contribution is -0.118. The molecule has 0 aliphatic heterocycles. The fraction of sp³-hybridized carbons (Fsp3) is 0.231. The quantitative estimate of drug-likeness (QED) is 0.451. The van der Waals surface area contributed by atoms with E-state index in [2.05, 4.69) is 24.5 Å². The summed E-state index contributed by atoms with van der Waals surface area (Å²) in [5.74, 6) is 1.13. The average molecular weight is 433 g/mol. The van der Waals surface area contributed by atoms with E-state index in [0.29, 0.717) is 41.0 Å². The molecule has 2 N–H and O–H groups in total. The second-order valence-corrected chi connectivity index (χ2v) is 7.71. The van der Waals surface area contributed by atoms with Crippen molar-refractivity contribution in [2.24, 2.45) is 5.92 Å². The predicted octanol–water partition coefficient (Wildman–Crippen LogP) is 5.38. The Bertz CT molecular complexity index is 1030. The monoisotopic (exact) mass is 432 g/mol. The molecule has 166 valence electrons. The Morgan fingerprint density at radius 1 is 0.812 bits per heavy atom. The summed E-state index contributed by atoms with van der Waals surface area (Å²) in [6, 6.07) is 23.3. The number of nitrogens with one attached hydrogen (secondary N) is 2. The van der Waals surface area contributed by atoms with Gasteiger partial charge in [0.1, 0.15) is 11.5 Å². The molecule has 0 saturated heterocycles. The fourth-order valence-corrected chi connectivity index (χ4v) is 2.92. The van der Waals surface area contributed by atoms with Crippen LogP contribution in [0.15, 0.2) is 78.9 Å². The fourth-order valence-electron chi connectivity index (χ4n) is 2.92. The lowest BCUT2D eigenvalue weighted by Gasteiger charge is -2.13. The molecule has 0 aliphatic carbocycles. The molecule has 2 amide bonds. The van der Waals surface area contributed by atoms with Crippen molar-refractivity contribution >= 4 is 23.2 Å². The Kier molecular flexibility index (Phi) is 8.26. The second kappa shape index (κ2) is 11.6. The third kappa shape index (κ3) is 7.16. The first-order chi connectivity index (χ1) is 15.5. The molecule has 6 nitrogen and oxygen atoms in total. The van der Waals surface area contributed by atoms with Gasteiger partial charge in [-0.15, -0.1) is 0 Å². The zero-order valence-corrected chi connectivity index (χ0v) is 18.3. The van der Waals surface area contributed by atoms with Gasteiger partial charge in [-0.2, -0.15) is 0 Å². The zero-order valence-electron chi connectivity index (χ0n) is 18.3. The highest BCUT2D eigenvalue weighted by Gasteiger charge is 2.13. The van der Waals surface area contributed by atoms with E-state index in [-0.39, 0.29) is 18.4 Å². The Morgan fingerprint density at radius 2 is 1.50 bits per heavy atom. The third-order valence-electron chi connectivity index (χ3n) is 4.60. The molecule has 0 saturated carbocycles. The summed E-state index contributed by atoms with van der Waals surface area (Å²) in [5, 5.41) is 5.64. The van der Waals surface area contributed by atoms with Gasteiger partial charge in [0.15, 0.2) is 6.61 Å². The molecule has 0 spiro atoms. The largest absolute Gasteiger partial charge is 0.493 e. The molecule has 32 heavy (non-hydrogen) atoms. The number of carbonyl (C=O) groups excluding carboxylic acids is 2. The molecule has 0 aromatic heterocycles. The van der Waals surface area contributed by atoms with Gasteiger partial charge in [-0.25, -0.2) is 0 Å². The van der Waals surface area contributed by atoms with Crippen molar-refractivity contribution < 1.29 is 19.1 Å². The van der Waals surface area contributed by atoms with Gasteiger partial charge in [0, 0.05) is 11.4 Å². The average Bonchev–Trinajstić information content (AvgIpc) is 2.79. The van der Waals surface area contributed by atoms with Crippen molar-refractivity contribution in [3.8, 4) is 11.5 Å². The highest BCUT2D eigenvalue weighted by molar-refractivity contribution is 6.06. The molecule has 3 aromatic rings. The summed E-state index contributed by atoms with van der Waals surface area (Å²) >= 11 is 0. The van der Waals surface area contributed by atoms with Crippen LogP contribution in [0.25, 0.3) is 0 Å². The van der Waals surface area contributed by atoms with Crippen molar-refractivity contribution in [2.75, 3.05) is 23.8 Å². The van der Waals surface area contributed by atoms with Crippen LogP contribution >= 0.6 is 0 Å². The van der Waals surface area contributed by atoms with Crippen LogP contribution in [0, 0.1) is 5.92 Å². The lowest BCUT2D eigenvalue weighted by Crippen LogP contribution is -2.20. The summed E-state index contributed by atoms with van der Waals surface area (Å²) in [4.78, 5) is 25.0. The lowest BCUT2D eigenvalue weighted by atomic mass is 10.1. The second-order valence-electron chi connectivity index (χ2n) is 7.71. The highest BCUT2D eigenvalue weighted by Crippen LogP contribution is 2.22. The van der Waals surface area contributed by atoms with Crippen molar-refractivity contribution in [1.82, 2.24) is 0 Å². The summed E-state index contributed by atoms with van der Waals surface area (Å²) in [5.41, 5.74) is 1.58. The Labute approximate surface area is 188 Å². The molecule has 0 atom stereocenters. The van der Waals surface area contributed by atoms with Crippen molar-refractivity contribution in [2.45, 2.75) is 20.3 Å². The maximum atomic E-state index is 12.8. The van der Waals surface area contributed by atoms with Gasteiger partial charge in [0.05, 0.1) is 12.2 Å². The van der Waals surface area contributed by atoms with Gasteiger partial charge >= 0.3 is 0 Å². The maximum Gasteiger partial charge on any atom is 0.262 e. The van der Waals surface area contributed by atoms with Gasteiger partial charge in [0.2, 0.25) is 0 Å². The number of para-hydroxylation sites is 2. The van der Waals surface area contributed by atoms with Gasteiger partial charge in [-0.05, 0) is 54.8 Å². The highest BCUT2D eigenvalue weighted by atomic mass is 16.5. The number of ether oxygens (including phenoxy) is 2. The zero-order chi connectivity index (χ0) is 22.8. The minimum Gasteiger partial charge on any atom is -0.493 e. The molecular formula is C26H28N2O4. The maximum absolute atomic E-state index is 12.8. The first-order valence-corrected chi connectivity index (χ1v) is 10.6. The van der Waals surface area contributed by atoms with Crippen LogP contribution in [0.5, 0.6) is 11.5 Å². The van der Waals surface area contributed by atoms with Gasteiger partial charge in [-0.1, -0.05) is 50.2 Å². The van der Waals surface area contributed by atoms with Gasteiger partial charge in [0.25, 0.3) is 11.8 Å². The normalized spacial score (nSPS) is 10.5. The van der Waals surface area contributed by atoms with Crippen LogP contribution in [0.1, 0.15) is 30.6 Å². The standard InChI is InChI=1S/C26H28N2O4/c1-19(2)15-16-31-24-14-7-6-13-23(24)26(30)28-21-10-8-9-20(17-21)27-25(29)18-32-22-11-4-3-5-12-22/h3-14,17,19H,15-16,18H2,1-2H3,(H,27,29)(H,28,30). The van der Waals surface area contributed by atoms with E-state index in [4.69, 9.17) is 9.47 Å². The molecule has 6 heteroatoms. The van der Waals surface area contributed by atoms with Gasteiger partial charge in [-0.3, -0.25) is 9.59 Å². The van der Waals surface area contributed by atoms with Crippen LogP contribution in [0.2, 0.25) is 0 Å². The van der Waals surface area contributed by atoms with Crippen molar-refractivity contribution in [1.29, 1.82) is 0 Å². The van der Waals surface area contributed by atoms with E-state index in [1.54, 1.807) is 54.6 Å². The summed E-state index contributed by atoms with van der Waals surface area (Å²) in [7, 11) is 0. The van der Waals surface area contributed by atoms with Crippen LogP contribution < -0.4 is 20.1 Å². The SMILES string of the molecule is CC(C)CCOc1ccccc1C(=O)Nc1cccc(NC(=O)COc2ccccc2)c1. The number of amides is 2. The molecule has 0 radical (unpaired) electrons. The molecule has 0 bridgehead atoms. The number of anilines is 2. The minimum atomic E-state index is -0.291. The van der Waals surface area contributed by atoms with Crippen LogP contribution in [0.3, 0.4) is 0 Å². The van der Waals surface area contributed by atoms with Crippen molar-refractivity contribution in [3.05, 3.63) is 84.4 Å². The molecule has 3 aromatic carbocycles. The molecule has 0 unspecified atom stereocenters. The van der Waals surface area contributed by atoms with E-state index < -0.39 is 0 Å². The van der Waals surface area contributed by atoms with E-state index in [9.17, 15) is 9.59 Å². The third-order valence-corrected chi connectivity index (χ3v) is 4.60. The Balaban J connectivity index is 1.58. The van der Waals surface area contributed by atoms with E-state index >= 15 is 0 Å². The number of rotatable bonds is 10. The van der Waals surface area contributed by atoms with Crippen LogP contribution in [-0.4, -0.2) is 25.0 Å². The van der Waals surface area contributed by atoms with Crippen LogP contribution in [-0.2, 0) is 4.79 Å². The molecule has 0 fully saturated rings. The number of benzene rings is 3. The summed E-state index contributed by atoms with van der Waals surface area (Å²) in [6.45, 7) is 4.69. The number of carbonyl (C=O) groups is 2. The Hall–Kier alpha value is -3.80. The van der Waals surface area contributed by atoms with E-state index in [1.165, 1.54) is 0 Å². The Morgan fingerprint density at radius 3 is 2.25 bits per heavy atom. The number of hydrogen-bond acceptors (Lipinski definition) is 4. The molecule has 3 rings (SSSR count). The first-order valence-electron chi connectivity index (χ1n) is 10.6. The topological polar surface area (TPSA) is 76.7 Å². The smallest absolute Gasteiger partial charge is 0.262 e. The van der Waals surface area contributed by atoms with E-state index in [1.807, 2.05) is 24.3 Å². The number of hydrogen-bond donors (Lipinski definition) is 2. The van der Waals surface area contributed by atoms with E-state index in [0.717, 1.165) is 6.42 Å². The summed E-state index contributed by atoms with van der Waals surface area (Å²) in [6.07, 6.45) is 0.908. The molecule has 0 aliphatic rings.